The van der Waals surface area contributed by atoms with Crippen molar-refractivity contribution in [3.8, 4) is 0 Å². The molecule has 1 aromatic rings. The second kappa shape index (κ2) is 8.82. The van der Waals surface area contributed by atoms with Gasteiger partial charge in [0, 0.05) is 51.2 Å². The minimum atomic E-state index is 0.468. The number of methoxy groups -OCH3 is 1. The van der Waals surface area contributed by atoms with Gasteiger partial charge in [0.15, 0.2) is 0 Å². The van der Waals surface area contributed by atoms with Crippen molar-refractivity contribution in [3.63, 3.8) is 0 Å². The SMILES string of the molecule is CCCC(C)N(C)c1ncc(CNCCOC)cn1. The van der Waals surface area contributed by atoms with E-state index in [0.717, 1.165) is 37.6 Å². The highest BCUT2D eigenvalue weighted by Crippen LogP contribution is 2.12. The molecule has 5 nitrogen and oxygen atoms in total. The van der Waals surface area contributed by atoms with Gasteiger partial charge in [0.25, 0.3) is 0 Å². The van der Waals surface area contributed by atoms with Crippen molar-refractivity contribution >= 4 is 5.95 Å². The molecule has 0 aliphatic rings. The standard InChI is InChI=1S/C14H26N4O/c1-5-6-12(2)18(3)14-16-10-13(11-17-14)9-15-7-8-19-4/h10-12,15H,5-9H2,1-4H3. The summed E-state index contributed by atoms with van der Waals surface area (Å²) in [4.78, 5) is 11.0. The summed E-state index contributed by atoms with van der Waals surface area (Å²) >= 11 is 0. The highest BCUT2D eigenvalue weighted by molar-refractivity contribution is 5.29. The summed E-state index contributed by atoms with van der Waals surface area (Å²) in [5.74, 6) is 0.793. The van der Waals surface area contributed by atoms with Gasteiger partial charge in [-0.2, -0.15) is 0 Å². The predicted octanol–water partition coefficient (Wildman–Crippen LogP) is 1.84. The Bertz CT molecular complexity index is 342. The molecule has 1 aromatic heterocycles. The van der Waals surface area contributed by atoms with Crippen LogP contribution < -0.4 is 10.2 Å². The van der Waals surface area contributed by atoms with E-state index < -0.39 is 0 Å². The predicted molar refractivity (Wildman–Crippen MR) is 78.4 cm³/mol. The monoisotopic (exact) mass is 266 g/mol. The van der Waals surface area contributed by atoms with Crippen LogP contribution in [0.25, 0.3) is 0 Å². The zero-order valence-corrected chi connectivity index (χ0v) is 12.5. The second-order valence-electron chi connectivity index (χ2n) is 4.81. The number of aromatic nitrogens is 2. The lowest BCUT2D eigenvalue weighted by Gasteiger charge is -2.24. The van der Waals surface area contributed by atoms with Crippen LogP contribution in [-0.4, -0.2) is 43.3 Å². The molecule has 1 N–H and O–H groups in total. The van der Waals surface area contributed by atoms with Crippen LogP contribution in [0.2, 0.25) is 0 Å². The summed E-state index contributed by atoms with van der Waals surface area (Å²) in [5.41, 5.74) is 1.09. The van der Waals surface area contributed by atoms with E-state index in [9.17, 15) is 0 Å². The van der Waals surface area contributed by atoms with Gasteiger partial charge in [0.1, 0.15) is 0 Å². The molecule has 108 valence electrons. The largest absolute Gasteiger partial charge is 0.383 e. The smallest absolute Gasteiger partial charge is 0.225 e. The van der Waals surface area contributed by atoms with Gasteiger partial charge < -0.3 is 15.0 Å². The molecule has 0 amide bonds. The van der Waals surface area contributed by atoms with Crippen LogP contribution in [0.5, 0.6) is 0 Å². The molecule has 1 rings (SSSR count). The van der Waals surface area contributed by atoms with Crippen molar-refractivity contribution in [2.45, 2.75) is 39.3 Å². The van der Waals surface area contributed by atoms with Gasteiger partial charge >= 0.3 is 0 Å². The van der Waals surface area contributed by atoms with Gasteiger partial charge in [0.05, 0.1) is 6.61 Å². The van der Waals surface area contributed by atoms with Crippen molar-refractivity contribution < 1.29 is 4.74 Å². The summed E-state index contributed by atoms with van der Waals surface area (Å²) < 4.78 is 4.98. The molecule has 0 saturated heterocycles. The Morgan fingerprint density at radius 1 is 1.37 bits per heavy atom. The van der Waals surface area contributed by atoms with E-state index in [4.69, 9.17) is 4.74 Å². The maximum atomic E-state index is 4.98. The normalized spacial score (nSPS) is 12.4. The average molecular weight is 266 g/mol. The lowest BCUT2D eigenvalue weighted by molar-refractivity contribution is 0.199. The number of hydrogen-bond acceptors (Lipinski definition) is 5. The van der Waals surface area contributed by atoms with Gasteiger partial charge in [-0.15, -0.1) is 0 Å². The first kappa shape index (κ1) is 15.9. The number of nitrogens with zero attached hydrogens (tertiary/aromatic N) is 3. The average Bonchev–Trinajstić information content (AvgIpc) is 2.44. The third-order valence-electron chi connectivity index (χ3n) is 3.19. The lowest BCUT2D eigenvalue weighted by Crippen LogP contribution is -2.30. The van der Waals surface area contributed by atoms with Crippen LogP contribution >= 0.6 is 0 Å². The molecule has 19 heavy (non-hydrogen) atoms. The van der Waals surface area contributed by atoms with E-state index in [1.54, 1.807) is 7.11 Å². The van der Waals surface area contributed by atoms with Crippen molar-refractivity contribution in [1.29, 1.82) is 0 Å². The van der Waals surface area contributed by atoms with Gasteiger partial charge in [-0.3, -0.25) is 0 Å². The summed E-state index contributed by atoms with van der Waals surface area (Å²) in [6, 6.07) is 0.468. The zero-order valence-electron chi connectivity index (χ0n) is 12.5. The Hall–Kier alpha value is -1.20. The molecule has 1 atom stereocenters. The first-order valence-corrected chi connectivity index (χ1v) is 6.92. The molecule has 0 aliphatic heterocycles. The third kappa shape index (κ3) is 5.53. The quantitative estimate of drug-likeness (QED) is 0.691. The molecule has 1 unspecified atom stereocenters. The van der Waals surface area contributed by atoms with Crippen LogP contribution in [0, 0.1) is 0 Å². The van der Waals surface area contributed by atoms with Gasteiger partial charge in [-0.25, -0.2) is 9.97 Å². The zero-order chi connectivity index (χ0) is 14.1. The van der Waals surface area contributed by atoms with E-state index in [0.29, 0.717) is 6.04 Å². The Kier molecular flexibility index (Phi) is 7.36. The number of anilines is 1. The number of rotatable bonds is 9. The van der Waals surface area contributed by atoms with E-state index in [-0.39, 0.29) is 0 Å². The van der Waals surface area contributed by atoms with E-state index in [1.807, 2.05) is 19.4 Å². The summed E-state index contributed by atoms with van der Waals surface area (Å²) in [6.07, 6.45) is 6.10. The molecule has 0 bridgehead atoms. The summed E-state index contributed by atoms with van der Waals surface area (Å²) in [5, 5.41) is 3.28. The Morgan fingerprint density at radius 3 is 2.63 bits per heavy atom. The topological polar surface area (TPSA) is 50.3 Å². The summed E-state index contributed by atoms with van der Waals surface area (Å²) in [7, 11) is 3.75. The van der Waals surface area contributed by atoms with Gasteiger partial charge in [0.2, 0.25) is 5.95 Å². The van der Waals surface area contributed by atoms with Crippen LogP contribution in [0.3, 0.4) is 0 Å². The minimum Gasteiger partial charge on any atom is -0.383 e. The molecule has 1 heterocycles. The maximum absolute atomic E-state index is 4.98. The fraction of sp³-hybridized carbons (Fsp3) is 0.714. The molecule has 0 saturated carbocycles. The minimum absolute atomic E-state index is 0.468. The fourth-order valence-corrected chi connectivity index (χ4v) is 1.84. The van der Waals surface area contributed by atoms with Crippen LogP contribution in [0.1, 0.15) is 32.3 Å². The van der Waals surface area contributed by atoms with E-state index in [1.165, 1.54) is 6.42 Å². The van der Waals surface area contributed by atoms with Crippen molar-refractivity contribution in [3.05, 3.63) is 18.0 Å². The van der Waals surface area contributed by atoms with Crippen LogP contribution in [0.4, 0.5) is 5.95 Å². The maximum Gasteiger partial charge on any atom is 0.225 e. The molecule has 0 spiro atoms. The molecular formula is C14H26N4O. The molecule has 0 aliphatic carbocycles. The van der Waals surface area contributed by atoms with Crippen LogP contribution in [0.15, 0.2) is 12.4 Å². The van der Waals surface area contributed by atoms with E-state index >= 15 is 0 Å². The van der Waals surface area contributed by atoms with E-state index in [2.05, 4.69) is 34.0 Å². The number of nitrogens with one attached hydrogen (secondary N) is 1. The Balaban J connectivity index is 2.46. The number of hydrogen-bond donors (Lipinski definition) is 1. The first-order valence-electron chi connectivity index (χ1n) is 6.92. The van der Waals surface area contributed by atoms with Gasteiger partial charge in [-0.1, -0.05) is 13.3 Å². The Morgan fingerprint density at radius 2 is 2.05 bits per heavy atom. The van der Waals surface area contributed by atoms with Crippen molar-refractivity contribution in [1.82, 2.24) is 15.3 Å². The highest BCUT2D eigenvalue weighted by Gasteiger charge is 2.11. The fourth-order valence-electron chi connectivity index (χ4n) is 1.84. The molecule has 0 aromatic carbocycles. The first-order chi connectivity index (χ1) is 9.19. The summed E-state index contributed by atoms with van der Waals surface area (Å²) in [6.45, 7) is 6.73. The Labute approximate surface area is 116 Å². The number of ether oxygens (including phenoxy) is 1. The molecule has 0 radical (unpaired) electrons. The molecule has 0 fully saturated rings. The van der Waals surface area contributed by atoms with Crippen molar-refractivity contribution in [2.75, 3.05) is 32.2 Å². The third-order valence-corrected chi connectivity index (χ3v) is 3.19. The van der Waals surface area contributed by atoms with Crippen molar-refractivity contribution in [2.24, 2.45) is 0 Å². The van der Waals surface area contributed by atoms with Crippen LogP contribution in [-0.2, 0) is 11.3 Å². The second-order valence-corrected chi connectivity index (χ2v) is 4.81. The lowest BCUT2D eigenvalue weighted by atomic mass is 10.2. The molecule has 5 heteroatoms. The molecular weight excluding hydrogens is 240 g/mol. The van der Waals surface area contributed by atoms with Gasteiger partial charge in [-0.05, 0) is 13.3 Å². The highest BCUT2D eigenvalue weighted by atomic mass is 16.5.